The highest BCUT2D eigenvalue weighted by atomic mass is 16.5. The third-order valence-electron chi connectivity index (χ3n) is 3.44. The lowest BCUT2D eigenvalue weighted by Crippen LogP contribution is -2.13. The summed E-state index contributed by atoms with van der Waals surface area (Å²) in [7, 11) is 1.60. The number of benzene rings is 2. The van der Waals surface area contributed by atoms with Gasteiger partial charge < -0.3 is 19.9 Å². The van der Waals surface area contributed by atoms with Gasteiger partial charge in [0.25, 0.3) is 0 Å². The molecule has 2 aromatic carbocycles. The quantitative estimate of drug-likeness (QED) is 0.683. The molecular weight excluding hydrogens is 322 g/mol. The molecule has 6 nitrogen and oxygen atoms in total. The van der Waals surface area contributed by atoms with E-state index in [0.29, 0.717) is 30.7 Å². The standard InChI is InChI=1S/C19H21NO5/c1-24-16-7-9-17(10-8-16)25-11-3-6-18(21)20-15-5-2-4-14(12-15)13-19(22)23/h2,4-5,7-10,12H,3,6,11,13H2,1H3,(H,20,21)(H,22,23). The van der Waals surface area contributed by atoms with E-state index in [9.17, 15) is 9.59 Å². The van der Waals surface area contributed by atoms with Crippen LogP contribution in [-0.4, -0.2) is 30.7 Å². The van der Waals surface area contributed by atoms with Gasteiger partial charge in [-0.25, -0.2) is 0 Å². The molecule has 0 fully saturated rings. The molecule has 0 aliphatic carbocycles. The van der Waals surface area contributed by atoms with Crippen LogP contribution in [0.1, 0.15) is 18.4 Å². The minimum absolute atomic E-state index is 0.0700. The summed E-state index contributed by atoms with van der Waals surface area (Å²) < 4.78 is 10.6. The molecule has 1 amide bonds. The number of carboxylic acids is 1. The number of hydrogen-bond acceptors (Lipinski definition) is 4. The molecule has 2 N–H and O–H groups in total. The first-order valence-electron chi connectivity index (χ1n) is 7.94. The first kappa shape index (κ1) is 18.3. The molecule has 25 heavy (non-hydrogen) atoms. The van der Waals surface area contributed by atoms with Gasteiger partial charge in [0.05, 0.1) is 20.1 Å². The number of rotatable bonds is 9. The van der Waals surface area contributed by atoms with Crippen LogP contribution in [0, 0.1) is 0 Å². The average Bonchev–Trinajstić information content (AvgIpc) is 2.59. The van der Waals surface area contributed by atoms with Gasteiger partial charge in [-0.1, -0.05) is 12.1 Å². The molecule has 0 spiro atoms. The van der Waals surface area contributed by atoms with Crippen molar-refractivity contribution in [1.29, 1.82) is 0 Å². The Morgan fingerprint density at radius 3 is 2.48 bits per heavy atom. The molecule has 0 aromatic heterocycles. The van der Waals surface area contributed by atoms with Crippen molar-refractivity contribution >= 4 is 17.6 Å². The summed E-state index contributed by atoms with van der Waals surface area (Å²) in [5, 5.41) is 11.6. The number of amides is 1. The molecule has 0 saturated heterocycles. The Bertz CT molecular complexity index is 712. The number of anilines is 1. The van der Waals surface area contributed by atoms with Crippen LogP contribution >= 0.6 is 0 Å². The Morgan fingerprint density at radius 2 is 1.80 bits per heavy atom. The van der Waals surface area contributed by atoms with Gasteiger partial charge in [-0.05, 0) is 48.4 Å². The van der Waals surface area contributed by atoms with E-state index in [2.05, 4.69) is 5.32 Å². The number of methoxy groups -OCH3 is 1. The minimum Gasteiger partial charge on any atom is -0.497 e. The minimum atomic E-state index is -0.904. The van der Waals surface area contributed by atoms with E-state index >= 15 is 0 Å². The van der Waals surface area contributed by atoms with Crippen LogP contribution in [0.4, 0.5) is 5.69 Å². The van der Waals surface area contributed by atoms with Crippen LogP contribution in [0.25, 0.3) is 0 Å². The Balaban J connectivity index is 1.72. The zero-order chi connectivity index (χ0) is 18.1. The lowest BCUT2D eigenvalue weighted by molar-refractivity contribution is -0.136. The molecule has 132 valence electrons. The number of carboxylic acid groups (broad SMARTS) is 1. The maximum absolute atomic E-state index is 11.9. The third-order valence-corrected chi connectivity index (χ3v) is 3.44. The fourth-order valence-corrected chi connectivity index (χ4v) is 2.25. The fraction of sp³-hybridized carbons (Fsp3) is 0.263. The molecule has 2 aromatic rings. The second-order valence-electron chi connectivity index (χ2n) is 5.45. The fourth-order valence-electron chi connectivity index (χ4n) is 2.25. The predicted molar refractivity (Wildman–Crippen MR) is 94.1 cm³/mol. The van der Waals surface area contributed by atoms with Crippen LogP contribution in [0.2, 0.25) is 0 Å². The van der Waals surface area contributed by atoms with Gasteiger partial charge in [0, 0.05) is 12.1 Å². The van der Waals surface area contributed by atoms with Gasteiger partial charge in [-0.2, -0.15) is 0 Å². The Kier molecular flexibility index (Phi) is 6.83. The summed E-state index contributed by atoms with van der Waals surface area (Å²) in [6, 6.07) is 14.1. The lowest BCUT2D eigenvalue weighted by Gasteiger charge is -2.08. The van der Waals surface area contributed by atoms with E-state index in [1.165, 1.54) is 0 Å². The van der Waals surface area contributed by atoms with Gasteiger partial charge in [-0.3, -0.25) is 9.59 Å². The summed E-state index contributed by atoms with van der Waals surface area (Å²) >= 11 is 0. The maximum atomic E-state index is 11.9. The van der Waals surface area contributed by atoms with E-state index in [4.69, 9.17) is 14.6 Å². The van der Waals surface area contributed by atoms with Crippen LogP contribution < -0.4 is 14.8 Å². The van der Waals surface area contributed by atoms with Gasteiger partial charge in [0.2, 0.25) is 5.91 Å². The SMILES string of the molecule is COc1ccc(OCCCC(=O)Nc2cccc(CC(=O)O)c2)cc1. The van der Waals surface area contributed by atoms with Gasteiger partial charge in [0.1, 0.15) is 11.5 Å². The number of hydrogen-bond donors (Lipinski definition) is 2. The smallest absolute Gasteiger partial charge is 0.307 e. The molecule has 6 heteroatoms. The van der Waals surface area contributed by atoms with Crippen molar-refractivity contribution in [2.45, 2.75) is 19.3 Å². The molecule has 0 radical (unpaired) electrons. The average molecular weight is 343 g/mol. The monoisotopic (exact) mass is 343 g/mol. The number of carbonyl (C=O) groups excluding carboxylic acids is 1. The van der Waals surface area contributed by atoms with E-state index in [0.717, 1.165) is 11.5 Å². The van der Waals surface area contributed by atoms with Crippen LogP contribution in [0.15, 0.2) is 48.5 Å². The van der Waals surface area contributed by atoms with E-state index in [-0.39, 0.29) is 12.3 Å². The number of nitrogens with one attached hydrogen (secondary N) is 1. The molecule has 0 atom stereocenters. The zero-order valence-electron chi connectivity index (χ0n) is 14.0. The van der Waals surface area contributed by atoms with Crippen molar-refractivity contribution < 1.29 is 24.2 Å². The third kappa shape index (κ3) is 6.55. The van der Waals surface area contributed by atoms with Crippen molar-refractivity contribution in [2.24, 2.45) is 0 Å². The normalized spacial score (nSPS) is 10.1. The Labute approximate surface area is 146 Å². The van der Waals surface area contributed by atoms with Crippen LogP contribution in [0.3, 0.4) is 0 Å². The molecular formula is C19H21NO5. The van der Waals surface area contributed by atoms with Crippen LogP contribution in [-0.2, 0) is 16.0 Å². The van der Waals surface area contributed by atoms with Crippen molar-refractivity contribution in [1.82, 2.24) is 0 Å². The molecule has 0 aliphatic heterocycles. The summed E-state index contributed by atoms with van der Waals surface area (Å²) in [6.45, 7) is 0.429. The van der Waals surface area contributed by atoms with Crippen molar-refractivity contribution in [2.75, 3.05) is 19.0 Å². The lowest BCUT2D eigenvalue weighted by atomic mass is 10.1. The van der Waals surface area contributed by atoms with Crippen molar-refractivity contribution in [3.63, 3.8) is 0 Å². The Hall–Kier alpha value is -3.02. The second-order valence-corrected chi connectivity index (χ2v) is 5.45. The van der Waals surface area contributed by atoms with E-state index < -0.39 is 5.97 Å². The topological polar surface area (TPSA) is 84.9 Å². The number of aliphatic carboxylic acids is 1. The first-order valence-corrected chi connectivity index (χ1v) is 7.94. The Morgan fingerprint density at radius 1 is 1.08 bits per heavy atom. The molecule has 0 unspecified atom stereocenters. The molecule has 0 aliphatic rings. The number of carbonyl (C=O) groups is 2. The maximum Gasteiger partial charge on any atom is 0.307 e. The first-order chi connectivity index (χ1) is 12.1. The highest BCUT2D eigenvalue weighted by Crippen LogP contribution is 2.17. The summed E-state index contributed by atoms with van der Waals surface area (Å²) in [6.07, 6.45) is 0.825. The zero-order valence-corrected chi connectivity index (χ0v) is 14.0. The number of ether oxygens (including phenoxy) is 2. The van der Waals surface area contributed by atoms with Gasteiger partial charge in [-0.15, -0.1) is 0 Å². The molecule has 2 rings (SSSR count). The highest BCUT2D eigenvalue weighted by molar-refractivity contribution is 5.90. The largest absolute Gasteiger partial charge is 0.497 e. The van der Waals surface area contributed by atoms with Crippen LogP contribution in [0.5, 0.6) is 11.5 Å². The van der Waals surface area contributed by atoms with E-state index in [1.54, 1.807) is 31.4 Å². The van der Waals surface area contributed by atoms with Gasteiger partial charge in [0.15, 0.2) is 0 Å². The van der Waals surface area contributed by atoms with Crippen molar-refractivity contribution in [3.8, 4) is 11.5 Å². The summed E-state index contributed by atoms with van der Waals surface area (Å²) in [5.74, 6) is 0.449. The summed E-state index contributed by atoms with van der Waals surface area (Å²) in [4.78, 5) is 22.7. The summed E-state index contributed by atoms with van der Waals surface area (Å²) in [5.41, 5.74) is 1.24. The van der Waals surface area contributed by atoms with Crippen molar-refractivity contribution in [3.05, 3.63) is 54.1 Å². The molecule has 0 heterocycles. The van der Waals surface area contributed by atoms with Gasteiger partial charge >= 0.3 is 5.97 Å². The molecule has 0 saturated carbocycles. The van der Waals surface area contributed by atoms with E-state index in [1.807, 2.05) is 24.3 Å². The highest BCUT2D eigenvalue weighted by Gasteiger charge is 2.05. The second kappa shape index (κ2) is 9.32. The molecule has 0 bridgehead atoms. The predicted octanol–water partition coefficient (Wildman–Crippen LogP) is 3.12.